The number of hydrogen-bond donors (Lipinski definition) is 2. The summed E-state index contributed by atoms with van der Waals surface area (Å²) in [5.41, 5.74) is 0. The molecule has 0 aliphatic carbocycles. The molecule has 0 aliphatic heterocycles. The Morgan fingerprint density at radius 1 is 1.50 bits per heavy atom. The molecule has 1 aromatic rings. The fourth-order valence-electron chi connectivity index (χ4n) is 1.35. The maximum absolute atomic E-state index is 9.68. The summed E-state index contributed by atoms with van der Waals surface area (Å²) < 4.78 is 5.42. The third-order valence-electron chi connectivity index (χ3n) is 2.22. The van der Waals surface area contributed by atoms with E-state index in [2.05, 4.69) is 17.2 Å². The highest BCUT2D eigenvalue weighted by molar-refractivity contribution is 6.30. The highest BCUT2D eigenvalue weighted by Gasteiger charge is 2.04. The first kappa shape index (κ1) is 14.8. The molecule has 0 saturated carbocycles. The van der Waals surface area contributed by atoms with Gasteiger partial charge in [0.15, 0.2) is 0 Å². The number of hydrogen-bond acceptors (Lipinski definition) is 3. The zero-order valence-corrected chi connectivity index (χ0v) is 11.2. The van der Waals surface area contributed by atoms with Crippen molar-refractivity contribution < 1.29 is 9.84 Å². The molecule has 0 amide bonds. The molecule has 0 radical (unpaired) electrons. The summed E-state index contributed by atoms with van der Waals surface area (Å²) in [6, 6.07) is 7.12. The van der Waals surface area contributed by atoms with Crippen LogP contribution in [-0.4, -0.2) is 30.9 Å². The largest absolute Gasteiger partial charge is 0.491 e. The minimum atomic E-state index is -0.543. The molecule has 1 unspecified atom stereocenters. The van der Waals surface area contributed by atoms with Gasteiger partial charge in [-0.05, 0) is 25.1 Å². The molecule has 3 nitrogen and oxygen atoms in total. The van der Waals surface area contributed by atoms with E-state index in [9.17, 15) is 5.11 Å². The number of aliphatic hydroxyl groups excluding tert-OH is 1. The molecule has 18 heavy (non-hydrogen) atoms. The molecular weight excluding hydrogens is 250 g/mol. The van der Waals surface area contributed by atoms with Crippen LogP contribution >= 0.6 is 11.6 Å². The van der Waals surface area contributed by atoms with Gasteiger partial charge in [-0.3, -0.25) is 0 Å². The SMILES string of the molecule is CC#CCCNCC(O)COc1cccc(Cl)c1. The molecule has 0 bridgehead atoms. The monoisotopic (exact) mass is 267 g/mol. The molecule has 0 saturated heterocycles. The van der Waals surface area contributed by atoms with E-state index in [0.717, 1.165) is 13.0 Å². The van der Waals surface area contributed by atoms with Gasteiger partial charge in [-0.1, -0.05) is 17.7 Å². The van der Waals surface area contributed by atoms with Crippen molar-refractivity contribution in [3.05, 3.63) is 29.3 Å². The second-order valence-electron chi connectivity index (χ2n) is 3.80. The Balaban J connectivity index is 2.16. The van der Waals surface area contributed by atoms with Gasteiger partial charge in [-0.15, -0.1) is 11.8 Å². The molecule has 98 valence electrons. The maximum atomic E-state index is 9.68. The molecule has 0 heterocycles. The van der Waals surface area contributed by atoms with Crippen LogP contribution in [0.1, 0.15) is 13.3 Å². The highest BCUT2D eigenvalue weighted by atomic mass is 35.5. The Labute approximate surface area is 113 Å². The van der Waals surface area contributed by atoms with Gasteiger partial charge in [0.25, 0.3) is 0 Å². The lowest BCUT2D eigenvalue weighted by molar-refractivity contribution is 0.107. The molecule has 1 rings (SSSR count). The Morgan fingerprint density at radius 2 is 2.33 bits per heavy atom. The zero-order valence-electron chi connectivity index (χ0n) is 10.4. The van der Waals surface area contributed by atoms with Crippen LogP contribution in [0.25, 0.3) is 0 Å². The van der Waals surface area contributed by atoms with Crippen molar-refractivity contribution in [1.29, 1.82) is 0 Å². The van der Waals surface area contributed by atoms with E-state index >= 15 is 0 Å². The molecule has 2 N–H and O–H groups in total. The van der Waals surface area contributed by atoms with Crippen molar-refractivity contribution in [1.82, 2.24) is 5.32 Å². The van der Waals surface area contributed by atoms with Gasteiger partial charge >= 0.3 is 0 Å². The Bertz CT molecular complexity index is 412. The van der Waals surface area contributed by atoms with E-state index in [0.29, 0.717) is 17.3 Å². The van der Waals surface area contributed by atoms with Crippen molar-refractivity contribution in [2.45, 2.75) is 19.4 Å². The number of rotatable bonds is 7. The molecule has 0 spiro atoms. The minimum Gasteiger partial charge on any atom is -0.491 e. The van der Waals surface area contributed by atoms with Gasteiger partial charge < -0.3 is 15.2 Å². The van der Waals surface area contributed by atoms with Gasteiger partial charge in [-0.2, -0.15) is 0 Å². The lowest BCUT2D eigenvalue weighted by atomic mass is 10.3. The summed E-state index contributed by atoms with van der Waals surface area (Å²) >= 11 is 5.82. The van der Waals surface area contributed by atoms with Crippen LogP contribution in [0.5, 0.6) is 5.75 Å². The predicted octanol–water partition coefficient (Wildman–Crippen LogP) is 2.08. The van der Waals surface area contributed by atoms with Gasteiger partial charge in [0, 0.05) is 24.5 Å². The number of ether oxygens (including phenoxy) is 1. The summed E-state index contributed by atoms with van der Waals surface area (Å²) in [6.45, 7) is 3.32. The van der Waals surface area contributed by atoms with Crippen LogP contribution in [0, 0.1) is 11.8 Å². The molecule has 1 atom stereocenters. The van der Waals surface area contributed by atoms with Crippen LogP contribution in [-0.2, 0) is 0 Å². The number of aliphatic hydroxyl groups is 1. The molecule has 0 fully saturated rings. The molecule has 4 heteroatoms. The van der Waals surface area contributed by atoms with E-state index in [1.807, 2.05) is 19.1 Å². The first-order chi connectivity index (χ1) is 8.72. The topological polar surface area (TPSA) is 41.5 Å². The van der Waals surface area contributed by atoms with Crippen LogP contribution in [0.2, 0.25) is 5.02 Å². The smallest absolute Gasteiger partial charge is 0.120 e. The quantitative estimate of drug-likeness (QED) is 0.587. The molecule has 0 aromatic heterocycles. The van der Waals surface area contributed by atoms with Crippen LogP contribution < -0.4 is 10.1 Å². The standard InChI is InChI=1S/C14H18ClNO2/c1-2-3-4-8-16-10-13(17)11-18-14-7-5-6-12(15)9-14/h5-7,9,13,16-17H,4,8,10-11H2,1H3. The summed E-state index contributed by atoms with van der Waals surface area (Å²) in [7, 11) is 0. The van der Waals surface area contributed by atoms with Crippen LogP contribution in [0.15, 0.2) is 24.3 Å². The van der Waals surface area contributed by atoms with E-state index in [4.69, 9.17) is 16.3 Å². The van der Waals surface area contributed by atoms with Gasteiger partial charge in [0.1, 0.15) is 18.5 Å². The van der Waals surface area contributed by atoms with E-state index in [1.54, 1.807) is 12.1 Å². The average molecular weight is 268 g/mol. The molecule has 0 aliphatic rings. The third-order valence-corrected chi connectivity index (χ3v) is 2.46. The Morgan fingerprint density at radius 3 is 3.06 bits per heavy atom. The lowest BCUT2D eigenvalue weighted by Gasteiger charge is -2.12. The summed E-state index contributed by atoms with van der Waals surface area (Å²) in [5, 5.41) is 13.4. The fourth-order valence-corrected chi connectivity index (χ4v) is 1.53. The van der Waals surface area contributed by atoms with Crippen molar-refractivity contribution in [2.75, 3.05) is 19.7 Å². The first-order valence-corrected chi connectivity index (χ1v) is 6.27. The first-order valence-electron chi connectivity index (χ1n) is 5.89. The van der Waals surface area contributed by atoms with Crippen molar-refractivity contribution in [2.24, 2.45) is 0 Å². The van der Waals surface area contributed by atoms with E-state index in [-0.39, 0.29) is 6.61 Å². The van der Waals surface area contributed by atoms with Gasteiger partial charge in [-0.25, -0.2) is 0 Å². The van der Waals surface area contributed by atoms with Crippen molar-refractivity contribution in [3.63, 3.8) is 0 Å². The van der Waals surface area contributed by atoms with Crippen LogP contribution in [0.3, 0.4) is 0 Å². The van der Waals surface area contributed by atoms with Crippen molar-refractivity contribution >= 4 is 11.6 Å². The predicted molar refractivity (Wildman–Crippen MR) is 73.9 cm³/mol. The second-order valence-corrected chi connectivity index (χ2v) is 4.24. The number of nitrogens with one attached hydrogen (secondary N) is 1. The molecule has 1 aromatic carbocycles. The van der Waals surface area contributed by atoms with E-state index < -0.39 is 6.10 Å². The third kappa shape index (κ3) is 6.51. The van der Waals surface area contributed by atoms with Gasteiger partial charge in [0.2, 0.25) is 0 Å². The summed E-state index contributed by atoms with van der Waals surface area (Å²) in [4.78, 5) is 0. The highest BCUT2D eigenvalue weighted by Crippen LogP contribution is 2.17. The lowest BCUT2D eigenvalue weighted by Crippen LogP contribution is -2.31. The number of benzene rings is 1. The fraction of sp³-hybridized carbons (Fsp3) is 0.429. The normalized spacial score (nSPS) is 11.5. The van der Waals surface area contributed by atoms with Gasteiger partial charge in [0.05, 0.1) is 0 Å². The van der Waals surface area contributed by atoms with Crippen LogP contribution in [0.4, 0.5) is 0 Å². The Hall–Kier alpha value is -1.21. The number of halogens is 1. The van der Waals surface area contributed by atoms with Crippen molar-refractivity contribution in [3.8, 4) is 17.6 Å². The minimum absolute atomic E-state index is 0.243. The maximum Gasteiger partial charge on any atom is 0.120 e. The zero-order chi connectivity index (χ0) is 13.2. The average Bonchev–Trinajstić information content (AvgIpc) is 2.36. The summed E-state index contributed by atoms with van der Waals surface area (Å²) in [6.07, 6.45) is 0.247. The molecular formula is C14H18ClNO2. The van der Waals surface area contributed by atoms with E-state index in [1.165, 1.54) is 0 Å². The second kappa shape index (κ2) is 8.82. The summed E-state index contributed by atoms with van der Waals surface area (Å²) in [5.74, 6) is 6.43. The Kier molecular flexibility index (Phi) is 7.28.